The lowest BCUT2D eigenvalue weighted by Crippen LogP contribution is -2.36. The summed E-state index contributed by atoms with van der Waals surface area (Å²) in [5, 5.41) is 0. The van der Waals surface area contributed by atoms with Gasteiger partial charge < -0.3 is 0 Å². The first-order chi connectivity index (χ1) is 6.48. The van der Waals surface area contributed by atoms with Gasteiger partial charge in [-0.25, -0.2) is 8.42 Å². The summed E-state index contributed by atoms with van der Waals surface area (Å²) in [6, 6.07) is 6.60. The van der Waals surface area contributed by atoms with Crippen LogP contribution in [0.2, 0.25) is 0 Å². The Morgan fingerprint density at radius 1 is 1.29 bits per heavy atom. The van der Waals surface area contributed by atoms with E-state index >= 15 is 0 Å². The van der Waals surface area contributed by atoms with Gasteiger partial charge in [-0.15, -0.1) is 4.41 Å². The van der Waals surface area contributed by atoms with Crippen molar-refractivity contribution in [3.05, 3.63) is 29.8 Å². The number of hydrogen-bond acceptors (Lipinski definition) is 3. The van der Waals surface area contributed by atoms with Crippen LogP contribution in [0.3, 0.4) is 0 Å². The second-order valence-corrected chi connectivity index (χ2v) is 4.91. The van der Waals surface area contributed by atoms with Gasteiger partial charge in [0.15, 0.2) is 0 Å². The third kappa shape index (κ3) is 2.12. The fourth-order valence-corrected chi connectivity index (χ4v) is 2.11. The van der Waals surface area contributed by atoms with Crippen molar-refractivity contribution in [3.8, 4) is 0 Å². The summed E-state index contributed by atoms with van der Waals surface area (Å²) in [6.45, 7) is 3.85. The van der Waals surface area contributed by atoms with Crippen molar-refractivity contribution in [2.45, 2.75) is 18.7 Å². The van der Waals surface area contributed by atoms with Crippen molar-refractivity contribution >= 4 is 10.0 Å². The molecule has 5 heteroatoms. The Labute approximate surface area is 84.4 Å². The fraction of sp³-hybridized carbons (Fsp3) is 0.333. The minimum atomic E-state index is -3.49. The lowest BCUT2D eigenvalue weighted by atomic mass is 10.2. The number of nitrogens with two attached hydrogens (primary N) is 1. The molecule has 78 valence electrons. The zero-order valence-electron chi connectivity index (χ0n) is 8.27. The normalized spacial score (nSPS) is 12.0. The number of hydrazine groups is 1. The fourth-order valence-electron chi connectivity index (χ4n) is 1.02. The first kappa shape index (κ1) is 11.2. The summed E-state index contributed by atoms with van der Waals surface area (Å²) in [4.78, 5) is 0.229. The lowest BCUT2D eigenvalue weighted by Gasteiger charge is -2.14. The number of rotatable bonds is 3. The Hall–Kier alpha value is -0.910. The summed E-state index contributed by atoms with van der Waals surface area (Å²) < 4.78 is 24.2. The second kappa shape index (κ2) is 4.08. The molecule has 0 unspecified atom stereocenters. The molecule has 0 heterocycles. The van der Waals surface area contributed by atoms with E-state index in [0.29, 0.717) is 0 Å². The van der Waals surface area contributed by atoms with E-state index in [1.54, 1.807) is 31.2 Å². The van der Waals surface area contributed by atoms with Crippen molar-refractivity contribution in [1.29, 1.82) is 0 Å². The molecule has 0 aliphatic carbocycles. The highest BCUT2D eigenvalue weighted by Gasteiger charge is 2.18. The van der Waals surface area contributed by atoms with Crippen LogP contribution in [0.25, 0.3) is 0 Å². The molecule has 1 aromatic carbocycles. The van der Waals surface area contributed by atoms with E-state index < -0.39 is 10.0 Å². The Morgan fingerprint density at radius 2 is 1.79 bits per heavy atom. The van der Waals surface area contributed by atoms with Gasteiger partial charge in [0.25, 0.3) is 10.0 Å². The predicted octanol–water partition coefficient (Wildman–Crippen LogP) is 0.879. The van der Waals surface area contributed by atoms with E-state index in [4.69, 9.17) is 5.84 Å². The average Bonchev–Trinajstić information content (AvgIpc) is 2.17. The molecular formula is C9H14N2O2S. The number of benzene rings is 1. The molecule has 0 aliphatic rings. The van der Waals surface area contributed by atoms with E-state index in [1.807, 2.05) is 6.92 Å². The first-order valence-electron chi connectivity index (χ1n) is 4.32. The van der Waals surface area contributed by atoms with Gasteiger partial charge in [-0.05, 0) is 26.0 Å². The molecule has 2 N–H and O–H groups in total. The molecule has 0 atom stereocenters. The van der Waals surface area contributed by atoms with Crippen molar-refractivity contribution in [1.82, 2.24) is 4.41 Å². The van der Waals surface area contributed by atoms with Gasteiger partial charge in [0, 0.05) is 6.54 Å². The van der Waals surface area contributed by atoms with Crippen molar-refractivity contribution < 1.29 is 8.42 Å². The van der Waals surface area contributed by atoms with Crippen LogP contribution in [-0.4, -0.2) is 19.4 Å². The van der Waals surface area contributed by atoms with Crippen molar-refractivity contribution in [3.63, 3.8) is 0 Å². The number of hydrogen-bond donors (Lipinski definition) is 1. The largest absolute Gasteiger partial charge is 0.255 e. The lowest BCUT2D eigenvalue weighted by molar-refractivity contribution is 0.444. The molecule has 0 spiro atoms. The van der Waals surface area contributed by atoms with Crippen LogP contribution in [0.4, 0.5) is 0 Å². The maximum atomic E-state index is 11.7. The van der Waals surface area contributed by atoms with E-state index in [1.165, 1.54) is 0 Å². The minimum Gasteiger partial charge on any atom is -0.255 e. The third-order valence-electron chi connectivity index (χ3n) is 1.94. The van der Waals surface area contributed by atoms with Gasteiger partial charge in [-0.1, -0.05) is 17.7 Å². The predicted molar refractivity (Wildman–Crippen MR) is 54.9 cm³/mol. The molecule has 1 aromatic rings. The highest BCUT2D eigenvalue weighted by atomic mass is 32.2. The summed E-state index contributed by atoms with van der Waals surface area (Å²) in [7, 11) is -3.49. The number of aryl methyl sites for hydroxylation is 1. The van der Waals surface area contributed by atoms with E-state index in [2.05, 4.69) is 0 Å². The Bertz CT molecular complexity index is 397. The van der Waals surface area contributed by atoms with Crippen LogP contribution in [0.1, 0.15) is 12.5 Å². The quantitative estimate of drug-likeness (QED) is 0.600. The van der Waals surface area contributed by atoms with Crippen molar-refractivity contribution in [2.24, 2.45) is 5.84 Å². The molecule has 0 aliphatic heterocycles. The molecule has 0 bridgehead atoms. The molecule has 0 saturated heterocycles. The SMILES string of the molecule is CCN(N)S(=O)(=O)c1ccc(C)cc1. The molecule has 4 nitrogen and oxygen atoms in total. The summed E-state index contributed by atoms with van der Waals surface area (Å²) in [6.07, 6.45) is 0. The molecule has 0 fully saturated rings. The maximum absolute atomic E-state index is 11.7. The maximum Gasteiger partial charge on any atom is 0.255 e. The second-order valence-electron chi connectivity index (χ2n) is 3.02. The minimum absolute atomic E-state index is 0.229. The molecule has 0 amide bonds. The third-order valence-corrected chi connectivity index (χ3v) is 3.68. The van der Waals surface area contributed by atoms with Gasteiger partial charge in [0.1, 0.15) is 0 Å². The van der Waals surface area contributed by atoms with E-state index in [9.17, 15) is 8.42 Å². The highest BCUT2D eigenvalue weighted by molar-refractivity contribution is 7.89. The Balaban J connectivity index is 3.11. The van der Waals surface area contributed by atoms with Gasteiger partial charge in [-0.2, -0.15) is 0 Å². The monoisotopic (exact) mass is 214 g/mol. The zero-order valence-corrected chi connectivity index (χ0v) is 9.08. The highest BCUT2D eigenvalue weighted by Crippen LogP contribution is 2.13. The number of sulfonamides is 1. The molecule has 0 radical (unpaired) electrons. The smallest absolute Gasteiger partial charge is 0.255 e. The molecule has 0 saturated carbocycles. The molecule has 1 rings (SSSR count). The van der Waals surface area contributed by atoms with Crippen LogP contribution in [0.5, 0.6) is 0 Å². The summed E-state index contributed by atoms with van der Waals surface area (Å²) >= 11 is 0. The van der Waals surface area contributed by atoms with Gasteiger partial charge >= 0.3 is 0 Å². The summed E-state index contributed by atoms with van der Waals surface area (Å²) in [5.41, 5.74) is 1.02. The van der Waals surface area contributed by atoms with Gasteiger partial charge in [0.2, 0.25) is 0 Å². The first-order valence-corrected chi connectivity index (χ1v) is 5.76. The number of nitrogens with zero attached hydrogens (tertiary/aromatic N) is 1. The van der Waals surface area contributed by atoms with E-state index in [0.717, 1.165) is 9.98 Å². The molecule has 0 aromatic heterocycles. The van der Waals surface area contributed by atoms with Gasteiger partial charge in [0.05, 0.1) is 4.90 Å². The van der Waals surface area contributed by atoms with Gasteiger partial charge in [-0.3, -0.25) is 5.84 Å². The molecule has 14 heavy (non-hydrogen) atoms. The Morgan fingerprint density at radius 3 is 2.21 bits per heavy atom. The van der Waals surface area contributed by atoms with E-state index in [-0.39, 0.29) is 11.4 Å². The van der Waals surface area contributed by atoms with Crippen LogP contribution >= 0.6 is 0 Å². The molecular weight excluding hydrogens is 200 g/mol. The van der Waals surface area contributed by atoms with Crippen LogP contribution in [0, 0.1) is 6.92 Å². The standard InChI is InChI=1S/C9H14N2O2S/c1-3-11(10)14(12,13)9-6-4-8(2)5-7-9/h4-7H,3,10H2,1-2H3. The van der Waals surface area contributed by atoms with Crippen LogP contribution < -0.4 is 5.84 Å². The zero-order chi connectivity index (χ0) is 10.8. The van der Waals surface area contributed by atoms with Crippen LogP contribution in [0.15, 0.2) is 29.2 Å². The Kier molecular flexibility index (Phi) is 3.25. The average molecular weight is 214 g/mol. The summed E-state index contributed by atoms with van der Waals surface area (Å²) in [5.74, 6) is 5.37. The van der Waals surface area contributed by atoms with Crippen LogP contribution in [-0.2, 0) is 10.0 Å². The topological polar surface area (TPSA) is 63.4 Å². The van der Waals surface area contributed by atoms with Crippen molar-refractivity contribution in [2.75, 3.05) is 6.54 Å².